The Morgan fingerprint density at radius 1 is 1.00 bits per heavy atom. The number of benzene rings is 3. The Hall–Kier alpha value is -4.30. The molecule has 5 aliphatic rings. The Balaban J connectivity index is 1.41. The number of aryl methyl sites for hydroxylation is 1. The highest BCUT2D eigenvalue weighted by Crippen LogP contribution is 2.39. The average Bonchev–Trinajstić information content (AvgIpc) is 3.39. The summed E-state index contributed by atoms with van der Waals surface area (Å²) in [6.45, 7) is 3.40. The Morgan fingerprint density at radius 3 is 2.56 bits per heavy atom. The lowest BCUT2D eigenvalue weighted by atomic mass is 9.87. The standard InChI is InChI=1S/C31H28N2O5S/c1-19-3-12-28(39-19)31(36)33-15-13-21-17-23-8-10-25(21)29(33)20-4-6-22(7-5-20)37-16-2-14-32-30(35)26-18-24(38-23)9-11-27(26)34/h3-12,17-18,29,34H,2,13-16H2,1H3,(H,32,35). The van der Waals surface area contributed by atoms with E-state index in [1.54, 1.807) is 12.1 Å². The predicted octanol–water partition coefficient (Wildman–Crippen LogP) is 5.85. The van der Waals surface area contributed by atoms with Crippen LogP contribution in [0.15, 0.2) is 72.8 Å². The molecule has 8 heteroatoms. The molecule has 39 heavy (non-hydrogen) atoms. The van der Waals surface area contributed by atoms with Crippen LogP contribution in [0, 0.1) is 6.92 Å². The van der Waals surface area contributed by atoms with Crippen molar-refractivity contribution >= 4 is 23.2 Å². The van der Waals surface area contributed by atoms with Gasteiger partial charge < -0.3 is 24.8 Å². The number of amides is 2. The molecule has 0 saturated heterocycles. The van der Waals surface area contributed by atoms with Crippen molar-refractivity contribution in [3.05, 3.63) is 105 Å². The summed E-state index contributed by atoms with van der Waals surface area (Å²) in [6.07, 6.45) is 1.28. The molecule has 1 atom stereocenters. The minimum Gasteiger partial charge on any atom is -0.507 e. The molecule has 4 aromatic rings. The van der Waals surface area contributed by atoms with Crippen molar-refractivity contribution in [3.63, 3.8) is 0 Å². The first-order valence-electron chi connectivity index (χ1n) is 13.0. The van der Waals surface area contributed by atoms with Gasteiger partial charge in [0.15, 0.2) is 0 Å². The van der Waals surface area contributed by atoms with Gasteiger partial charge in [-0.2, -0.15) is 0 Å². The van der Waals surface area contributed by atoms with Crippen molar-refractivity contribution < 1.29 is 24.2 Å². The van der Waals surface area contributed by atoms with E-state index in [2.05, 4.69) is 5.32 Å². The van der Waals surface area contributed by atoms with E-state index in [9.17, 15) is 14.7 Å². The first-order valence-corrected chi connectivity index (χ1v) is 13.8. The monoisotopic (exact) mass is 540 g/mol. The van der Waals surface area contributed by atoms with Crippen molar-refractivity contribution in [2.24, 2.45) is 0 Å². The van der Waals surface area contributed by atoms with Gasteiger partial charge in [-0.1, -0.05) is 18.2 Å². The zero-order valence-electron chi connectivity index (χ0n) is 21.5. The van der Waals surface area contributed by atoms with E-state index < -0.39 is 0 Å². The highest BCUT2D eigenvalue weighted by Gasteiger charge is 2.33. The molecule has 0 spiro atoms. The van der Waals surface area contributed by atoms with Crippen LogP contribution >= 0.6 is 11.3 Å². The van der Waals surface area contributed by atoms with Crippen LogP contribution in [0.3, 0.4) is 0 Å². The molecule has 3 aromatic carbocycles. The molecular weight excluding hydrogens is 512 g/mol. The van der Waals surface area contributed by atoms with E-state index >= 15 is 0 Å². The molecule has 5 aliphatic heterocycles. The number of carbonyl (C=O) groups excluding carboxylic acids is 2. The summed E-state index contributed by atoms with van der Waals surface area (Å²) < 4.78 is 12.0. The van der Waals surface area contributed by atoms with Crippen molar-refractivity contribution in [2.75, 3.05) is 19.7 Å². The fourth-order valence-electron chi connectivity index (χ4n) is 5.14. The fourth-order valence-corrected chi connectivity index (χ4v) is 5.96. The van der Waals surface area contributed by atoms with Gasteiger partial charge in [0.25, 0.3) is 11.8 Å². The number of aromatic hydroxyl groups is 1. The number of nitrogens with one attached hydrogen (secondary N) is 1. The van der Waals surface area contributed by atoms with Crippen LogP contribution in [0.25, 0.3) is 0 Å². The minimum atomic E-state index is -0.376. The fraction of sp³-hybridized carbons (Fsp3) is 0.226. The maximum absolute atomic E-state index is 13.7. The number of hydrogen-bond donors (Lipinski definition) is 2. The van der Waals surface area contributed by atoms with Crippen molar-refractivity contribution in [3.8, 4) is 23.0 Å². The molecule has 2 amide bonds. The highest BCUT2D eigenvalue weighted by atomic mass is 32.1. The Bertz CT molecular complexity index is 1550. The normalized spacial score (nSPS) is 16.9. The maximum Gasteiger partial charge on any atom is 0.264 e. The smallest absolute Gasteiger partial charge is 0.264 e. The van der Waals surface area contributed by atoms with Gasteiger partial charge in [0.05, 0.1) is 23.1 Å². The number of carbonyl (C=O) groups is 2. The van der Waals surface area contributed by atoms with Gasteiger partial charge in [-0.05, 0) is 91.1 Å². The highest BCUT2D eigenvalue weighted by molar-refractivity contribution is 7.13. The van der Waals surface area contributed by atoms with Gasteiger partial charge in [-0.25, -0.2) is 0 Å². The molecule has 0 saturated carbocycles. The number of phenolic OH excluding ortho intramolecular Hbond substituents is 1. The number of nitrogens with zero attached hydrogens (tertiary/aromatic N) is 1. The number of rotatable bonds is 1. The summed E-state index contributed by atoms with van der Waals surface area (Å²) in [5.41, 5.74) is 3.30. The third-order valence-corrected chi connectivity index (χ3v) is 8.06. The average molecular weight is 541 g/mol. The van der Waals surface area contributed by atoms with E-state index in [1.165, 1.54) is 17.4 Å². The van der Waals surface area contributed by atoms with E-state index in [-0.39, 0.29) is 29.2 Å². The molecule has 1 aromatic heterocycles. The second-order valence-corrected chi connectivity index (χ2v) is 11.0. The molecule has 198 valence electrons. The predicted molar refractivity (Wildman–Crippen MR) is 149 cm³/mol. The van der Waals surface area contributed by atoms with Crippen molar-refractivity contribution in [2.45, 2.75) is 25.8 Å². The van der Waals surface area contributed by atoms with Gasteiger partial charge >= 0.3 is 0 Å². The molecular formula is C31H28N2O5S. The zero-order valence-corrected chi connectivity index (χ0v) is 22.3. The number of ether oxygens (including phenoxy) is 2. The van der Waals surface area contributed by atoms with Crippen LogP contribution in [-0.2, 0) is 6.42 Å². The van der Waals surface area contributed by atoms with E-state index in [1.807, 2.05) is 66.4 Å². The second kappa shape index (κ2) is 10.5. The summed E-state index contributed by atoms with van der Waals surface area (Å²) >= 11 is 1.51. The number of hydrogen-bond acceptors (Lipinski definition) is 6. The topological polar surface area (TPSA) is 88.1 Å². The van der Waals surface area contributed by atoms with Crippen molar-refractivity contribution in [1.82, 2.24) is 10.2 Å². The molecule has 2 N–H and O–H groups in total. The molecule has 0 aliphatic carbocycles. The number of phenols is 1. The first kappa shape index (κ1) is 25.0. The first-order chi connectivity index (χ1) is 19.0. The van der Waals surface area contributed by atoms with Gasteiger partial charge in [0.2, 0.25) is 0 Å². The molecule has 0 radical (unpaired) electrons. The Kier molecular flexibility index (Phi) is 6.70. The molecule has 7 nitrogen and oxygen atoms in total. The lowest BCUT2D eigenvalue weighted by Gasteiger charge is -2.38. The molecule has 8 bridgehead atoms. The summed E-state index contributed by atoms with van der Waals surface area (Å²) in [7, 11) is 0. The second-order valence-electron chi connectivity index (χ2n) is 9.73. The van der Waals surface area contributed by atoms with Crippen LogP contribution in [0.4, 0.5) is 0 Å². The third-order valence-electron chi connectivity index (χ3n) is 7.07. The molecule has 6 heterocycles. The number of thiophene rings is 1. The van der Waals surface area contributed by atoms with Crippen LogP contribution < -0.4 is 14.8 Å². The summed E-state index contributed by atoms with van der Waals surface area (Å²) in [5, 5.41) is 13.1. The van der Waals surface area contributed by atoms with Crippen molar-refractivity contribution in [1.29, 1.82) is 0 Å². The van der Waals surface area contributed by atoms with Gasteiger partial charge in [0.1, 0.15) is 23.0 Å². The Labute approximate surface area is 230 Å². The molecule has 9 rings (SSSR count). The maximum atomic E-state index is 13.7. The van der Waals surface area contributed by atoms with Gasteiger partial charge in [0, 0.05) is 18.0 Å². The van der Waals surface area contributed by atoms with Crippen LogP contribution in [0.2, 0.25) is 0 Å². The molecule has 0 fully saturated rings. The van der Waals surface area contributed by atoms with E-state index in [0.717, 1.165) is 32.2 Å². The summed E-state index contributed by atoms with van der Waals surface area (Å²) in [4.78, 5) is 30.2. The van der Waals surface area contributed by atoms with Crippen LogP contribution in [0.1, 0.15) is 54.1 Å². The lowest BCUT2D eigenvalue weighted by molar-refractivity contribution is 0.0699. The molecule has 1 unspecified atom stereocenters. The third kappa shape index (κ3) is 5.07. The Morgan fingerprint density at radius 2 is 1.77 bits per heavy atom. The van der Waals surface area contributed by atoms with E-state index in [4.69, 9.17) is 9.47 Å². The zero-order chi connectivity index (χ0) is 26.9. The van der Waals surface area contributed by atoms with Gasteiger partial charge in [-0.3, -0.25) is 9.59 Å². The largest absolute Gasteiger partial charge is 0.507 e. The summed E-state index contributed by atoms with van der Waals surface area (Å²) in [6, 6.07) is 22.0. The lowest BCUT2D eigenvalue weighted by Crippen LogP contribution is -2.40. The SMILES string of the molecule is Cc1ccc(C(=O)N2CCc3cc4ccc3C2c2ccc(cc2)OCCCNC(=O)c2cc(ccc2O)O4)s1. The quantitative estimate of drug-likeness (QED) is 0.316. The van der Waals surface area contributed by atoms with Crippen LogP contribution in [0.5, 0.6) is 23.0 Å². The minimum absolute atomic E-state index is 0.0246. The van der Waals surface area contributed by atoms with Crippen LogP contribution in [-0.4, -0.2) is 41.5 Å². The van der Waals surface area contributed by atoms with E-state index in [0.29, 0.717) is 44.0 Å². The summed E-state index contributed by atoms with van der Waals surface area (Å²) in [5.74, 6) is 1.34. The van der Waals surface area contributed by atoms with Gasteiger partial charge in [-0.15, -0.1) is 11.3 Å².